The number of hydrogen-bond acceptors (Lipinski definition) is 6. The Hall–Kier alpha value is -4.09. The van der Waals surface area contributed by atoms with E-state index < -0.39 is 51.3 Å². The van der Waals surface area contributed by atoms with Gasteiger partial charge in [0.15, 0.2) is 0 Å². The van der Waals surface area contributed by atoms with E-state index in [4.69, 9.17) is 0 Å². The van der Waals surface area contributed by atoms with E-state index in [9.17, 15) is 28.0 Å². The van der Waals surface area contributed by atoms with Crippen LogP contribution in [0.5, 0.6) is 0 Å². The van der Waals surface area contributed by atoms with Crippen LogP contribution in [0.4, 0.5) is 20.2 Å². The Morgan fingerprint density at radius 2 is 1.47 bits per heavy atom. The third-order valence-corrected chi connectivity index (χ3v) is 10.3. The maximum absolute atomic E-state index is 14.0. The maximum Gasteiger partial charge on any atom is 0.308 e. The molecule has 2 aliphatic rings. The van der Waals surface area contributed by atoms with Crippen LogP contribution in [-0.2, 0) is 26.3 Å². The van der Waals surface area contributed by atoms with Crippen LogP contribution in [0, 0.1) is 17.6 Å². The second kappa shape index (κ2) is 10.9. The predicted octanol–water partition coefficient (Wildman–Crippen LogP) is 5.92. The quantitative estimate of drug-likeness (QED) is 0.280. The van der Waals surface area contributed by atoms with Gasteiger partial charge in [0.1, 0.15) is 23.4 Å². The van der Waals surface area contributed by atoms with Crippen LogP contribution >= 0.6 is 23.1 Å². The number of amides is 3. The lowest BCUT2D eigenvalue weighted by atomic mass is 9.81. The zero-order valence-corrected chi connectivity index (χ0v) is 25.1. The van der Waals surface area contributed by atoms with Crippen LogP contribution in [0.2, 0.25) is 0 Å². The van der Waals surface area contributed by atoms with Crippen LogP contribution in [0.3, 0.4) is 0 Å². The van der Waals surface area contributed by atoms with Crippen LogP contribution in [0.15, 0.2) is 82.6 Å². The highest BCUT2D eigenvalue weighted by atomic mass is 32.2. The van der Waals surface area contributed by atoms with E-state index in [1.54, 1.807) is 0 Å². The number of hydrogen-bond donors (Lipinski definition) is 1. The van der Waals surface area contributed by atoms with Gasteiger partial charge in [0, 0.05) is 16.5 Å². The van der Waals surface area contributed by atoms with Crippen LogP contribution < -0.4 is 15.1 Å². The molecule has 1 saturated heterocycles. The number of thioether (sulfide) groups is 1. The zero-order chi connectivity index (χ0) is 30.6. The summed E-state index contributed by atoms with van der Waals surface area (Å²) < 4.78 is 28.3. The number of nitrogens with one attached hydrogen (secondary N) is 1. The molecule has 0 saturated carbocycles. The summed E-state index contributed by atoms with van der Waals surface area (Å²) in [6.07, 6.45) is 0. The molecular formula is C32H27F2N3O4S2. The molecule has 0 spiro atoms. The van der Waals surface area contributed by atoms with Gasteiger partial charge >= 0.3 is 4.87 Å². The van der Waals surface area contributed by atoms with Crippen molar-refractivity contribution in [1.29, 1.82) is 0 Å². The molecule has 1 N–H and O–H groups in total. The Morgan fingerprint density at radius 1 is 0.860 bits per heavy atom. The molecule has 7 nitrogen and oxygen atoms in total. The number of aromatic nitrogens is 1. The second-order valence-electron chi connectivity index (χ2n) is 11.6. The highest BCUT2D eigenvalue weighted by Crippen LogP contribution is 2.54. The topological polar surface area (TPSA) is 88.5 Å². The Kier molecular flexibility index (Phi) is 7.34. The number of benzene rings is 3. The van der Waals surface area contributed by atoms with Gasteiger partial charge in [0.05, 0.1) is 16.6 Å². The van der Waals surface area contributed by atoms with Gasteiger partial charge in [-0.3, -0.25) is 23.7 Å². The van der Waals surface area contributed by atoms with E-state index in [-0.39, 0.29) is 17.6 Å². The first-order valence-electron chi connectivity index (χ1n) is 13.6. The Morgan fingerprint density at radius 3 is 2.07 bits per heavy atom. The molecule has 0 aliphatic carbocycles. The van der Waals surface area contributed by atoms with Crippen molar-refractivity contribution in [2.75, 3.05) is 10.2 Å². The average Bonchev–Trinajstić information content (AvgIpc) is 3.40. The van der Waals surface area contributed by atoms with Crippen LogP contribution in [0.25, 0.3) is 0 Å². The van der Waals surface area contributed by atoms with Crippen molar-refractivity contribution < 1.29 is 23.2 Å². The number of anilines is 2. The minimum atomic E-state index is -0.863. The van der Waals surface area contributed by atoms with E-state index >= 15 is 0 Å². The van der Waals surface area contributed by atoms with Crippen molar-refractivity contribution in [3.63, 3.8) is 0 Å². The number of carbonyl (C=O) groups excluding carboxylic acids is 3. The molecule has 220 valence electrons. The van der Waals surface area contributed by atoms with E-state index in [2.05, 4.69) is 26.1 Å². The van der Waals surface area contributed by atoms with Crippen LogP contribution in [-0.4, -0.2) is 27.5 Å². The lowest BCUT2D eigenvalue weighted by Crippen LogP contribution is -2.33. The minimum Gasteiger partial charge on any atom is -0.325 e. The van der Waals surface area contributed by atoms with Gasteiger partial charge in [-0.1, -0.05) is 68.1 Å². The number of nitrogens with zero attached hydrogens (tertiary/aromatic N) is 2. The Balaban J connectivity index is 1.41. The first kappa shape index (κ1) is 29.0. The third kappa shape index (κ3) is 5.31. The van der Waals surface area contributed by atoms with Gasteiger partial charge in [-0.05, 0) is 65.1 Å². The molecule has 3 heterocycles. The molecule has 2 aliphatic heterocycles. The van der Waals surface area contributed by atoms with Gasteiger partial charge < -0.3 is 5.32 Å². The summed E-state index contributed by atoms with van der Waals surface area (Å²) in [5, 5.41) is 2.26. The van der Waals surface area contributed by atoms with Crippen molar-refractivity contribution in [3.8, 4) is 0 Å². The highest BCUT2D eigenvalue weighted by Gasteiger charge is 2.56. The zero-order valence-electron chi connectivity index (χ0n) is 23.5. The van der Waals surface area contributed by atoms with E-state index in [0.717, 1.165) is 39.1 Å². The molecule has 3 amide bonds. The van der Waals surface area contributed by atoms with Gasteiger partial charge in [-0.25, -0.2) is 13.7 Å². The first-order chi connectivity index (χ1) is 20.4. The normalized spacial score (nSPS) is 19.7. The summed E-state index contributed by atoms with van der Waals surface area (Å²) in [6.45, 7) is 5.95. The van der Waals surface area contributed by atoms with Crippen LogP contribution in [0.1, 0.15) is 42.7 Å². The second-order valence-corrected chi connectivity index (χ2v) is 13.7. The summed E-state index contributed by atoms with van der Waals surface area (Å²) in [5.41, 5.74) is 2.39. The fourth-order valence-electron chi connectivity index (χ4n) is 5.53. The van der Waals surface area contributed by atoms with Crippen molar-refractivity contribution in [1.82, 2.24) is 4.57 Å². The molecule has 2 unspecified atom stereocenters. The van der Waals surface area contributed by atoms with Gasteiger partial charge in [0.2, 0.25) is 17.7 Å². The fraction of sp³-hybridized carbons (Fsp3) is 0.250. The van der Waals surface area contributed by atoms with Crippen molar-refractivity contribution >= 4 is 52.2 Å². The number of carbonyl (C=O) groups is 3. The monoisotopic (exact) mass is 619 g/mol. The average molecular weight is 620 g/mol. The Bertz CT molecular complexity index is 1790. The molecule has 3 atom stereocenters. The van der Waals surface area contributed by atoms with E-state index in [1.165, 1.54) is 53.1 Å². The summed E-state index contributed by atoms with van der Waals surface area (Å²) in [4.78, 5) is 55.4. The number of rotatable bonds is 5. The third-order valence-electron chi connectivity index (χ3n) is 7.70. The van der Waals surface area contributed by atoms with Crippen molar-refractivity contribution in [2.24, 2.45) is 5.92 Å². The molecule has 1 fully saturated rings. The summed E-state index contributed by atoms with van der Waals surface area (Å²) in [7, 11) is 0. The fourth-order valence-corrected chi connectivity index (χ4v) is 8.30. The Labute approximate surface area is 254 Å². The number of fused-ring (bicyclic) bond motifs is 2. The van der Waals surface area contributed by atoms with E-state index in [1.807, 2.05) is 24.3 Å². The predicted molar refractivity (Wildman–Crippen MR) is 163 cm³/mol. The molecule has 0 bridgehead atoms. The molecular weight excluding hydrogens is 592 g/mol. The first-order valence-corrected chi connectivity index (χ1v) is 15.3. The smallest absolute Gasteiger partial charge is 0.308 e. The minimum absolute atomic E-state index is 0.112. The molecule has 11 heteroatoms. The SMILES string of the molecule is CC(C)(C)c1ccc([C@H]2c3sc(=O)n(CC(=O)Nc4ccc(F)cc4)c3SC3C(=O)N(c4ccc(F)cc4)C(=O)C32)cc1. The molecule has 43 heavy (non-hydrogen) atoms. The molecule has 4 aromatic rings. The highest BCUT2D eigenvalue weighted by molar-refractivity contribution is 8.00. The summed E-state index contributed by atoms with van der Waals surface area (Å²) >= 11 is 2.06. The number of halogens is 2. The van der Waals surface area contributed by atoms with Crippen molar-refractivity contribution in [3.05, 3.63) is 110 Å². The summed E-state index contributed by atoms with van der Waals surface area (Å²) in [5.74, 6) is -3.74. The standard InChI is InChI=1S/C32H27F2N3O4S2/c1-32(2,3)18-6-4-17(5-7-18)24-25-26(29(40)37(28(25)39)22-14-10-20(34)11-15-22)42-30-27(24)43-31(41)36(30)16-23(38)35-21-12-8-19(33)9-13-21/h4-15,24-26H,16H2,1-3H3,(H,35,38)/t24-,25?,26?/m1/s1. The summed E-state index contributed by atoms with van der Waals surface area (Å²) in [6, 6.07) is 18.3. The molecule has 3 aromatic carbocycles. The largest absolute Gasteiger partial charge is 0.325 e. The van der Waals surface area contributed by atoms with E-state index in [0.29, 0.717) is 15.6 Å². The molecule has 6 rings (SSSR count). The van der Waals surface area contributed by atoms with Gasteiger partial charge in [-0.15, -0.1) is 0 Å². The van der Waals surface area contributed by atoms with Gasteiger partial charge in [0.25, 0.3) is 0 Å². The lowest BCUT2D eigenvalue weighted by Gasteiger charge is -2.31. The molecule has 1 aromatic heterocycles. The van der Waals surface area contributed by atoms with Crippen molar-refractivity contribution in [2.45, 2.75) is 48.9 Å². The number of thiazole rings is 1. The number of imide groups is 1. The molecule has 0 radical (unpaired) electrons. The van der Waals surface area contributed by atoms with Gasteiger partial charge in [-0.2, -0.15) is 0 Å². The lowest BCUT2D eigenvalue weighted by molar-refractivity contribution is -0.122. The maximum atomic E-state index is 14.0.